The molecule has 2 atom stereocenters. The number of nitrogens with zero attached hydrogens (tertiary/aromatic N) is 4. The zero-order valence-corrected chi connectivity index (χ0v) is 16.5. The van der Waals surface area contributed by atoms with E-state index in [0.29, 0.717) is 12.5 Å². The number of aliphatic imine (C=N–C) groups is 1. The number of likely N-dealkylation sites (tertiary alicyclic amines) is 1. The van der Waals surface area contributed by atoms with E-state index in [4.69, 9.17) is 4.74 Å². The summed E-state index contributed by atoms with van der Waals surface area (Å²) in [6.07, 6.45) is 5.09. The van der Waals surface area contributed by atoms with Crippen LogP contribution in [0, 0.1) is 5.92 Å². The number of carbonyl (C=O) groups is 1. The van der Waals surface area contributed by atoms with E-state index in [1.165, 1.54) is 12.7 Å². The number of esters is 1. The van der Waals surface area contributed by atoms with Gasteiger partial charge in [-0.05, 0) is 12.0 Å². The molecule has 23 heavy (non-hydrogen) atoms. The SMILES string of the molecule is CN=C(NCC(C)C(=O)OC)N1CCC(c2cnn(C)c2)C1.I. The number of hydrogen-bond acceptors (Lipinski definition) is 4. The van der Waals surface area contributed by atoms with Gasteiger partial charge in [0.2, 0.25) is 0 Å². The first-order chi connectivity index (χ1) is 10.5. The van der Waals surface area contributed by atoms with Gasteiger partial charge in [0.1, 0.15) is 0 Å². The van der Waals surface area contributed by atoms with Gasteiger partial charge >= 0.3 is 5.97 Å². The van der Waals surface area contributed by atoms with Crippen LogP contribution in [0.1, 0.15) is 24.8 Å². The lowest BCUT2D eigenvalue weighted by Crippen LogP contribution is -2.42. The third-order valence-electron chi connectivity index (χ3n) is 4.07. The van der Waals surface area contributed by atoms with E-state index in [2.05, 4.69) is 26.5 Å². The van der Waals surface area contributed by atoms with Crippen LogP contribution in [0.3, 0.4) is 0 Å². The first-order valence-corrected chi connectivity index (χ1v) is 7.57. The van der Waals surface area contributed by atoms with Crippen LogP contribution in [-0.4, -0.2) is 60.4 Å². The third-order valence-corrected chi connectivity index (χ3v) is 4.07. The van der Waals surface area contributed by atoms with Crippen LogP contribution in [0.25, 0.3) is 0 Å². The fourth-order valence-corrected chi connectivity index (χ4v) is 2.74. The highest BCUT2D eigenvalue weighted by Crippen LogP contribution is 2.26. The number of halogens is 1. The minimum absolute atomic E-state index is 0. The van der Waals surface area contributed by atoms with E-state index in [0.717, 1.165) is 25.5 Å². The maximum absolute atomic E-state index is 11.4. The Morgan fingerprint density at radius 1 is 1.61 bits per heavy atom. The number of methoxy groups -OCH3 is 1. The van der Waals surface area contributed by atoms with Gasteiger partial charge in [0.15, 0.2) is 5.96 Å². The van der Waals surface area contributed by atoms with E-state index >= 15 is 0 Å². The zero-order valence-electron chi connectivity index (χ0n) is 14.2. The van der Waals surface area contributed by atoms with Crippen molar-refractivity contribution in [2.45, 2.75) is 19.3 Å². The molecule has 7 nitrogen and oxygen atoms in total. The minimum atomic E-state index is -0.211. The van der Waals surface area contributed by atoms with E-state index in [-0.39, 0.29) is 35.9 Å². The van der Waals surface area contributed by atoms with Gasteiger partial charge in [-0.15, -0.1) is 24.0 Å². The van der Waals surface area contributed by atoms with Crippen LogP contribution in [0.15, 0.2) is 17.4 Å². The molecule has 0 aliphatic carbocycles. The molecule has 0 saturated carbocycles. The summed E-state index contributed by atoms with van der Waals surface area (Å²) in [6.45, 7) is 4.23. The molecule has 1 aromatic heterocycles. The molecule has 1 aromatic rings. The Balaban J connectivity index is 0.00000264. The Hall–Kier alpha value is -1.32. The fourth-order valence-electron chi connectivity index (χ4n) is 2.74. The molecule has 2 unspecified atom stereocenters. The molecule has 1 aliphatic rings. The van der Waals surface area contributed by atoms with Gasteiger partial charge in [0.05, 0.1) is 19.2 Å². The normalized spacial score (nSPS) is 19.2. The molecule has 1 saturated heterocycles. The van der Waals surface area contributed by atoms with Crippen molar-refractivity contribution >= 4 is 35.9 Å². The molecule has 0 spiro atoms. The van der Waals surface area contributed by atoms with Gasteiger partial charge in [-0.1, -0.05) is 6.92 Å². The van der Waals surface area contributed by atoms with Crippen LogP contribution in [0.2, 0.25) is 0 Å². The van der Waals surface area contributed by atoms with Crippen molar-refractivity contribution in [1.29, 1.82) is 0 Å². The predicted octanol–water partition coefficient (Wildman–Crippen LogP) is 1.21. The molecule has 8 heteroatoms. The Morgan fingerprint density at radius 2 is 2.35 bits per heavy atom. The Bertz CT molecular complexity index is 546. The second-order valence-corrected chi connectivity index (χ2v) is 5.73. The molecule has 1 N–H and O–H groups in total. The number of aromatic nitrogens is 2. The van der Waals surface area contributed by atoms with Gasteiger partial charge in [0, 0.05) is 45.8 Å². The quantitative estimate of drug-likeness (QED) is 0.333. The molecule has 0 aromatic carbocycles. The van der Waals surface area contributed by atoms with Crippen molar-refractivity contribution in [2.75, 3.05) is 33.8 Å². The first-order valence-electron chi connectivity index (χ1n) is 7.57. The molecular formula is C15H26IN5O2. The van der Waals surface area contributed by atoms with Crippen molar-refractivity contribution in [3.8, 4) is 0 Å². The number of carbonyl (C=O) groups excluding carboxylic acids is 1. The van der Waals surface area contributed by atoms with Crippen LogP contribution in [0.4, 0.5) is 0 Å². The lowest BCUT2D eigenvalue weighted by atomic mass is 10.0. The van der Waals surface area contributed by atoms with Gasteiger partial charge in [-0.25, -0.2) is 0 Å². The topological polar surface area (TPSA) is 71.8 Å². The molecule has 0 amide bonds. The molecular weight excluding hydrogens is 409 g/mol. The van der Waals surface area contributed by atoms with Crippen molar-refractivity contribution in [3.63, 3.8) is 0 Å². The monoisotopic (exact) mass is 435 g/mol. The highest BCUT2D eigenvalue weighted by atomic mass is 127. The summed E-state index contributed by atoms with van der Waals surface area (Å²) in [7, 11) is 5.11. The molecule has 2 heterocycles. The molecule has 2 rings (SSSR count). The maximum atomic E-state index is 11.4. The summed E-state index contributed by atoms with van der Waals surface area (Å²) in [5, 5.41) is 7.50. The number of aryl methyl sites for hydroxylation is 1. The molecule has 0 bridgehead atoms. The Kier molecular flexibility index (Phi) is 7.80. The van der Waals surface area contributed by atoms with Crippen molar-refractivity contribution in [3.05, 3.63) is 18.0 Å². The van der Waals surface area contributed by atoms with Gasteiger partial charge < -0.3 is 15.0 Å². The van der Waals surface area contributed by atoms with E-state index in [1.54, 1.807) is 7.05 Å². The average Bonchev–Trinajstić information content (AvgIpc) is 3.15. The van der Waals surface area contributed by atoms with Crippen LogP contribution in [0.5, 0.6) is 0 Å². The summed E-state index contributed by atoms with van der Waals surface area (Å²) in [6, 6.07) is 0. The van der Waals surface area contributed by atoms with Crippen LogP contribution < -0.4 is 5.32 Å². The number of guanidine groups is 1. The maximum Gasteiger partial charge on any atom is 0.310 e. The fraction of sp³-hybridized carbons (Fsp3) is 0.667. The molecule has 1 fully saturated rings. The summed E-state index contributed by atoms with van der Waals surface area (Å²) in [5.41, 5.74) is 1.27. The van der Waals surface area contributed by atoms with Crippen molar-refractivity contribution in [2.24, 2.45) is 18.0 Å². The summed E-state index contributed by atoms with van der Waals surface area (Å²) in [4.78, 5) is 18.0. The van der Waals surface area contributed by atoms with Crippen molar-refractivity contribution < 1.29 is 9.53 Å². The van der Waals surface area contributed by atoms with Crippen LogP contribution >= 0.6 is 24.0 Å². The largest absolute Gasteiger partial charge is 0.469 e. The molecule has 1 aliphatic heterocycles. The second-order valence-electron chi connectivity index (χ2n) is 5.73. The number of hydrogen-bond donors (Lipinski definition) is 1. The second kappa shape index (κ2) is 9.09. The summed E-state index contributed by atoms with van der Waals surface area (Å²) in [5.74, 6) is 0.906. The van der Waals surface area contributed by atoms with Crippen molar-refractivity contribution in [1.82, 2.24) is 20.0 Å². The standard InChI is InChI=1S/C15H25N5O2.HI/c1-11(14(21)22-4)7-17-15(16-2)20-6-5-12(10-20)13-8-18-19(3)9-13;/h8-9,11-12H,5-7,10H2,1-4H3,(H,16,17);1H. The first kappa shape index (κ1) is 19.7. The highest BCUT2D eigenvalue weighted by molar-refractivity contribution is 14.0. The van der Waals surface area contributed by atoms with Gasteiger partial charge in [0.25, 0.3) is 0 Å². The average molecular weight is 435 g/mol. The molecule has 0 radical (unpaired) electrons. The predicted molar refractivity (Wildman–Crippen MR) is 100 cm³/mol. The lowest BCUT2D eigenvalue weighted by Gasteiger charge is -2.22. The van der Waals surface area contributed by atoms with Gasteiger partial charge in [-0.2, -0.15) is 5.10 Å². The smallest absolute Gasteiger partial charge is 0.310 e. The number of ether oxygens (including phenoxy) is 1. The van der Waals surface area contributed by atoms with E-state index < -0.39 is 0 Å². The van der Waals surface area contributed by atoms with Gasteiger partial charge in [-0.3, -0.25) is 14.5 Å². The Morgan fingerprint density at radius 3 is 2.91 bits per heavy atom. The number of rotatable bonds is 4. The molecule has 130 valence electrons. The zero-order chi connectivity index (χ0) is 16.1. The Labute approximate surface area is 154 Å². The van der Waals surface area contributed by atoms with E-state index in [1.807, 2.05) is 24.9 Å². The highest BCUT2D eigenvalue weighted by Gasteiger charge is 2.27. The van der Waals surface area contributed by atoms with E-state index in [9.17, 15) is 4.79 Å². The minimum Gasteiger partial charge on any atom is -0.469 e. The summed E-state index contributed by atoms with van der Waals surface area (Å²) >= 11 is 0. The third kappa shape index (κ3) is 5.08. The number of nitrogens with one attached hydrogen (secondary N) is 1. The van der Waals surface area contributed by atoms with Crippen LogP contribution in [-0.2, 0) is 16.6 Å². The lowest BCUT2D eigenvalue weighted by molar-refractivity contribution is -0.144. The summed E-state index contributed by atoms with van der Waals surface area (Å²) < 4.78 is 6.58.